The SMILES string of the molecule is CCCNC(C)c1cc(F)ccc1OCCCCCO. The predicted molar refractivity (Wildman–Crippen MR) is 79.5 cm³/mol. The number of hydrogen-bond acceptors (Lipinski definition) is 3. The standard InChI is InChI=1S/C16H26FNO2/c1-3-9-18-13(2)15-12-14(17)7-8-16(15)20-11-6-4-5-10-19/h7-8,12-13,18-19H,3-6,9-11H2,1-2H3. The van der Waals surface area contributed by atoms with Crippen LogP contribution in [0.4, 0.5) is 4.39 Å². The molecule has 20 heavy (non-hydrogen) atoms. The van der Waals surface area contributed by atoms with Crippen molar-refractivity contribution in [1.82, 2.24) is 5.32 Å². The molecule has 114 valence electrons. The normalized spacial score (nSPS) is 12.4. The van der Waals surface area contributed by atoms with Crippen LogP contribution < -0.4 is 10.1 Å². The highest BCUT2D eigenvalue weighted by Gasteiger charge is 2.12. The van der Waals surface area contributed by atoms with Crippen LogP contribution in [0.3, 0.4) is 0 Å². The molecule has 0 saturated carbocycles. The maximum atomic E-state index is 13.4. The Balaban J connectivity index is 2.59. The van der Waals surface area contributed by atoms with Gasteiger partial charge in [-0.25, -0.2) is 4.39 Å². The average molecular weight is 283 g/mol. The monoisotopic (exact) mass is 283 g/mol. The molecule has 1 atom stereocenters. The van der Waals surface area contributed by atoms with Crippen LogP contribution in [0, 0.1) is 5.82 Å². The van der Waals surface area contributed by atoms with E-state index in [1.807, 2.05) is 6.92 Å². The summed E-state index contributed by atoms with van der Waals surface area (Å²) in [5.74, 6) is 0.504. The number of benzene rings is 1. The van der Waals surface area contributed by atoms with Gasteiger partial charge >= 0.3 is 0 Å². The second-order valence-corrected chi connectivity index (χ2v) is 4.99. The lowest BCUT2D eigenvalue weighted by Gasteiger charge is -2.18. The van der Waals surface area contributed by atoms with E-state index in [1.165, 1.54) is 12.1 Å². The Labute approximate surface area is 121 Å². The zero-order valence-electron chi connectivity index (χ0n) is 12.5. The quantitative estimate of drug-likeness (QED) is 0.646. The van der Waals surface area contributed by atoms with Crippen molar-refractivity contribution in [2.45, 2.75) is 45.6 Å². The maximum Gasteiger partial charge on any atom is 0.124 e. The van der Waals surface area contributed by atoms with Gasteiger partial charge in [-0.3, -0.25) is 0 Å². The zero-order valence-corrected chi connectivity index (χ0v) is 12.5. The summed E-state index contributed by atoms with van der Waals surface area (Å²) < 4.78 is 19.2. The highest BCUT2D eigenvalue weighted by Crippen LogP contribution is 2.26. The second kappa shape index (κ2) is 9.72. The predicted octanol–water partition coefficient (Wildman–Crippen LogP) is 3.43. The van der Waals surface area contributed by atoms with Crippen LogP contribution in [0.2, 0.25) is 0 Å². The zero-order chi connectivity index (χ0) is 14.8. The summed E-state index contributed by atoms with van der Waals surface area (Å²) in [4.78, 5) is 0. The van der Waals surface area contributed by atoms with Gasteiger partial charge in [-0.1, -0.05) is 6.92 Å². The summed E-state index contributed by atoms with van der Waals surface area (Å²) in [5.41, 5.74) is 0.862. The van der Waals surface area contributed by atoms with Gasteiger partial charge in [0.05, 0.1) is 6.61 Å². The summed E-state index contributed by atoms with van der Waals surface area (Å²) >= 11 is 0. The molecule has 0 spiro atoms. The van der Waals surface area contributed by atoms with Gasteiger partial charge in [0.1, 0.15) is 11.6 Å². The number of nitrogens with one attached hydrogen (secondary N) is 1. The highest BCUT2D eigenvalue weighted by atomic mass is 19.1. The summed E-state index contributed by atoms with van der Waals surface area (Å²) in [7, 11) is 0. The number of aliphatic hydroxyl groups excluding tert-OH is 1. The number of rotatable bonds is 10. The summed E-state index contributed by atoms with van der Waals surface area (Å²) in [5, 5.41) is 12.1. The van der Waals surface area contributed by atoms with E-state index in [-0.39, 0.29) is 18.5 Å². The summed E-state index contributed by atoms with van der Waals surface area (Å²) in [6, 6.07) is 4.73. The van der Waals surface area contributed by atoms with Crippen LogP contribution in [0.15, 0.2) is 18.2 Å². The third-order valence-electron chi connectivity index (χ3n) is 3.20. The van der Waals surface area contributed by atoms with Crippen molar-refractivity contribution in [1.29, 1.82) is 0 Å². The molecule has 0 radical (unpaired) electrons. The van der Waals surface area contributed by atoms with Crippen LogP contribution in [0.1, 0.15) is 51.1 Å². The van der Waals surface area contributed by atoms with Crippen molar-refractivity contribution >= 4 is 0 Å². The first kappa shape index (κ1) is 16.9. The highest BCUT2D eigenvalue weighted by molar-refractivity contribution is 5.36. The molecule has 1 rings (SSSR count). The molecule has 3 nitrogen and oxygen atoms in total. The molecule has 0 heterocycles. The van der Waals surface area contributed by atoms with Gasteiger partial charge in [0.2, 0.25) is 0 Å². The maximum absolute atomic E-state index is 13.4. The third-order valence-corrected chi connectivity index (χ3v) is 3.20. The van der Waals surface area contributed by atoms with Crippen molar-refractivity contribution in [3.63, 3.8) is 0 Å². The van der Waals surface area contributed by atoms with E-state index in [1.54, 1.807) is 6.07 Å². The Bertz CT molecular complexity index is 385. The number of unbranched alkanes of at least 4 members (excludes halogenated alkanes) is 2. The van der Waals surface area contributed by atoms with Gasteiger partial charge < -0.3 is 15.2 Å². The molecular weight excluding hydrogens is 257 g/mol. The second-order valence-electron chi connectivity index (χ2n) is 4.99. The Morgan fingerprint density at radius 1 is 1.30 bits per heavy atom. The molecule has 2 N–H and O–H groups in total. The van der Waals surface area contributed by atoms with Crippen LogP contribution in [0.25, 0.3) is 0 Å². The van der Waals surface area contributed by atoms with Gasteiger partial charge in [0.15, 0.2) is 0 Å². The molecule has 0 aliphatic heterocycles. The lowest BCUT2D eigenvalue weighted by Crippen LogP contribution is -2.20. The topological polar surface area (TPSA) is 41.5 Å². The minimum absolute atomic E-state index is 0.0677. The lowest BCUT2D eigenvalue weighted by molar-refractivity contribution is 0.264. The molecule has 0 aliphatic carbocycles. The molecule has 0 saturated heterocycles. The minimum atomic E-state index is -0.238. The van der Waals surface area contributed by atoms with E-state index in [4.69, 9.17) is 9.84 Å². The Kier molecular flexibility index (Phi) is 8.23. The average Bonchev–Trinajstić information content (AvgIpc) is 2.45. The fraction of sp³-hybridized carbons (Fsp3) is 0.625. The molecule has 0 fully saturated rings. The van der Waals surface area contributed by atoms with Gasteiger partial charge in [0.25, 0.3) is 0 Å². The Morgan fingerprint density at radius 3 is 2.80 bits per heavy atom. The van der Waals surface area contributed by atoms with Crippen LogP contribution >= 0.6 is 0 Å². The summed E-state index contributed by atoms with van der Waals surface area (Å²) in [6.07, 6.45) is 3.68. The van der Waals surface area contributed by atoms with Crippen molar-refractivity contribution in [2.24, 2.45) is 0 Å². The third kappa shape index (κ3) is 5.88. The molecule has 0 aromatic heterocycles. The fourth-order valence-corrected chi connectivity index (χ4v) is 2.03. The molecule has 4 heteroatoms. The van der Waals surface area contributed by atoms with E-state index < -0.39 is 0 Å². The van der Waals surface area contributed by atoms with Crippen LogP contribution in [-0.2, 0) is 0 Å². The van der Waals surface area contributed by atoms with E-state index in [0.717, 1.165) is 43.5 Å². The Morgan fingerprint density at radius 2 is 2.10 bits per heavy atom. The molecule has 0 amide bonds. The molecule has 0 aliphatic rings. The van der Waals surface area contributed by atoms with Crippen LogP contribution in [0.5, 0.6) is 5.75 Å². The van der Waals surface area contributed by atoms with Crippen LogP contribution in [-0.4, -0.2) is 24.9 Å². The van der Waals surface area contributed by atoms with E-state index in [0.29, 0.717) is 6.61 Å². The first-order chi connectivity index (χ1) is 9.69. The molecule has 1 unspecified atom stereocenters. The largest absolute Gasteiger partial charge is 0.493 e. The molecular formula is C16H26FNO2. The van der Waals surface area contributed by atoms with Crippen molar-refractivity contribution < 1.29 is 14.2 Å². The van der Waals surface area contributed by atoms with E-state index >= 15 is 0 Å². The number of hydrogen-bond donors (Lipinski definition) is 2. The smallest absolute Gasteiger partial charge is 0.124 e. The molecule has 1 aromatic carbocycles. The number of aliphatic hydroxyl groups is 1. The van der Waals surface area contributed by atoms with Crippen molar-refractivity contribution in [3.05, 3.63) is 29.6 Å². The minimum Gasteiger partial charge on any atom is -0.493 e. The van der Waals surface area contributed by atoms with Crippen molar-refractivity contribution in [3.8, 4) is 5.75 Å². The van der Waals surface area contributed by atoms with Gasteiger partial charge in [-0.05, 0) is 57.4 Å². The summed E-state index contributed by atoms with van der Waals surface area (Å²) in [6.45, 7) is 5.83. The molecule has 0 bridgehead atoms. The fourth-order valence-electron chi connectivity index (χ4n) is 2.03. The van der Waals surface area contributed by atoms with E-state index in [2.05, 4.69) is 12.2 Å². The first-order valence-electron chi connectivity index (χ1n) is 7.45. The van der Waals surface area contributed by atoms with Gasteiger partial charge in [-0.15, -0.1) is 0 Å². The van der Waals surface area contributed by atoms with E-state index in [9.17, 15) is 4.39 Å². The number of halogens is 1. The van der Waals surface area contributed by atoms with Gasteiger partial charge in [-0.2, -0.15) is 0 Å². The lowest BCUT2D eigenvalue weighted by atomic mass is 10.1. The Hall–Kier alpha value is -1.13. The van der Waals surface area contributed by atoms with Gasteiger partial charge in [0, 0.05) is 18.2 Å². The number of ether oxygens (including phenoxy) is 1. The van der Waals surface area contributed by atoms with Crippen molar-refractivity contribution in [2.75, 3.05) is 19.8 Å². The molecule has 1 aromatic rings. The first-order valence-corrected chi connectivity index (χ1v) is 7.45.